The fourth-order valence-electron chi connectivity index (χ4n) is 3.31. The lowest BCUT2D eigenvalue weighted by Crippen LogP contribution is -2.18. The third-order valence-corrected chi connectivity index (χ3v) is 4.69. The summed E-state index contributed by atoms with van der Waals surface area (Å²) in [4.78, 5) is 18.3. The molecule has 4 rings (SSSR count). The zero-order valence-electron chi connectivity index (χ0n) is 15.3. The van der Waals surface area contributed by atoms with E-state index in [0.29, 0.717) is 12.3 Å². The highest BCUT2D eigenvalue weighted by Gasteiger charge is 2.17. The molecule has 0 N–H and O–H groups in total. The van der Waals surface area contributed by atoms with Crippen LogP contribution in [0.5, 0.6) is 5.75 Å². The maximum atomic E-state index is 12.0. The van der Waals surface area contributed by atoms with Crippen molar-refractivity contribution < 1.29 is 9.53 Å². The quantitative estimate of drug-likeness (QED) is 0.802. The van der Waals surface area contributed by atoms with Crippen LogP contribution in [-0.4, -0.2) is 24.4 Å². The van der Waals surface area contributed by atoms with Crippen molar-refractivity contribution in [1.29, 1.82) is 0 Å². The highest BCUT2D eigenvalue weighted by molar-refractivity contribution is 6.11. The van der Waals surface area contributed by atoms with Gasteiger partial charge in [0.2, 0.25) is 5.78 Å². The smallest absolute Gasteiger partial charge is 0.204 e. The number of likely N-dealkylation sites (N-methyl/N-ethyl adjacent to an activating group) is 1. The van der Waals surface area contributed by atoms with Crippen molar-refractivity contribution in [3.8, 4) is 5.75 Å². The molecular formula is C23H20N2O2. The minimum atomic E-state index is -0.0517. The number of carbonyl (C=O) groups excluding carboxylic acids is 1. The fraction of sp³-hybridized carbons (Fsp3) is 0.130. The molecule has 4 nitrogen and oxygen atoms in total. The number of fused-ring (bicyclic) bond motifs is 2. The molecule has 0 amide bonds. The summed E-state index contributed by atoms with van der Waals surface area (Å²) in [5, 5.41) is 0. The van der Waals surface area contributed by atoms with Crippen LogP contribution in [0.25, 0.3) is 11.6 Å². The lowest BCUT2D eigenvalue weighted by atomic mass is 9.95. The Balaban J connectivity index is 1.66. The van der Waals surface area contributed by atoms with Crippen LogP contribution in [0, 0.1) is 0 Å². The first-order valence-electron chi connectivity index (χ1n) is 8.96. The number of nitrogens with zero attached hydrogens (tertiary/aromatic N) is 2. The Hall–Kier alpha value is -3.40. The molecule has 2 aromatic rings. The zero-order chi connectivity index (χ0) is 18.8. The summed E-state index contributed by atoms with van der Waals surface area (Å²) in [5.74, 6) is 0.828. The summed E-state index contributed by atoms with van der Waals surface area (Å²) in [5.41, 5.74) is 5.67. The number of pyridine rings is 1. The second-order valence-electron chi connectivity index (χ2n) is 6.36. The Morgan fingerprint density at radius 2 is 2.00 bits per heavy atom. The molecule has 134 valence electrons. The third kappa shape index (κ3) is 3.22. The van der Waals surface area contributed by atoms with Gasteiger partial charge in [0.1, 0.15) is 11.4 Å². The van der Waals surface area contributed by atoms with Crippen LogP contribution in [0.1, 0.15) is 28.5 Å². The molecule has 27 heavy (non-hydrogen) atoms. The Labute approximate surface area is 158 Å². The normalized spacial score (nSPS) is 18.0. The number of hydrogen-bond donors (Lipinski definition) is 0. The molecule has 0 saturated heterocycles. The molecule has 2 aliphatic rings. The van der Waals surface area contributed by atoms with Crippen molar-refractivity contribution in [3.63, 3.8) is 0 Å². The number of hydrogen-bond acceptors (Lipinski definition) is 4. The molecule has 0 spiro atoms. The number of ether oxygens (including phenoxy) is 1. The van der Waals surface area contributed by atoms with Crippen molar-refractivity contribution in [2.45, 2.75) is 6.92 Å². The van der Waals surface area contributed by atoms with Gasteiger partial charge in [-0.05, 0) is 55.0 Å². The number of rotatable bonds is 3. The maximum Gasteiger partial charge on any atom is 0.204 e. The van der Waals surface area contributed by atoms with Crippen molar-refractivity contribution in [2.24, 2.45) is 0 Å². The number of allylic oxidation sites excluding steroid dienone is 6. The van der Waals surface area contributed by atoms with E-state index < -0.39 is 0 Å². The maximum absolute atomic E-state index is 12.0. The van der Waals surface area contributed by atoms with E-state index in [0.717, 1.165) is 33.8 Å². The largest absolute Gasteiger partial charge is 0.494 e. The van der Waals surface area contributed by atoms with Gasteiger partial charge in [0.15, 0.2) is 0 Å². The lowest BCUT2D eigenvalue weighted by Gasteiger charge is -2.26. The molecule has 0 saturated carbocycles. The average Bonchev–Trinajstić information content (AvgIpc) is 2.69. The second kappa shape index (κ2) is 7.08. The molecule has 1 aliphatic carbocycles. The van der Waals surface area contributed by atoms with E-state index in [1.54, 1.807) is 12.3 Å². The molecular weight excluding hydrogens is 336 g/mol. The molecule has 0 radical (unpaired) electrons. The number of benzene rings is 1. The zero-order valence-corrected chi connectivity index (χ0v) is 15.3. The van der Waals surface area contributed by atoms with Gasteiger partial charge in [-0.1, -0.05) is 24.3 Å². The minimum absolute atomic E-state index is 0.0517. The number of ketones is 1. The average molecular weight is 356 g/mol. The van der Waals surface area contributed by atoms with Gasteiger partial charge in [-0.3, -0.25) is 9.78 Å². The lowest BCUT2D eigenvalue weighted by molar-refractivity contribution is 0.104. The summed E-state index contributed by atoms with van der Waals surface area (Å²) in [6.45, 7) is 2.64. The standard InChI is InChI=1S/C23H20N2O2/c1-3-27-19-11-12-21-17(15-19)7-10-18(25(21)2)9-6-16-8-13-22(26)23-20(16)5-4-14-24-23/h4-15H,3H2,1-2H3. The van der Waals surface area contributed by atoms with Crippen molar-refractivity contribution in [3.05, 3.63) is 89.4 Å². The molecule has 2 heterocycles. The van der Waals surface area contributed by atoms with E-state index in [4.69, 9.17) is 4.74 Å². The molecule has 1 aromatic carbocycles. The monoisotopic (exact) mass is 356 g/mol. The van der Waals surface area contributed by atoms with Crippen LogP contribution in [-0.2, 0) is 0 Å². The number of carbonyl (C=O) groups is 1. The molecule has 1 aromatic heterocycles. The van der Waals surface area contributed by atoms with Gasteiger partial charge >= 0.3 is 0 Å². The molecule has 0 fully saturated rings. The van der Waals surface area contributed by atoms with Crippen molar-refractivity contribution in [1.82, 2.24) is 4.98 Å². The van der Waals surface area contributed by atoms with E-state index in [1.165, 1.54) is 0 Å². The van der Waals surface area contributed by atoms with Gasteiger partial charge in [0.25, 0.3) is 0 Å². The Bertz CT molecular complexity index is 1030. The van der Waals surface area contributed by atoms with Crippen LogP contribution in [0.3, 0.4) is 0 Å². The van der Waals surface area contributed by atoms with Crippen LogP contribution in [0.4, 0.5) is 5.69 Å². The first-order chi connectivity index (χ1) is 13.2. The van der Waals surface area contributed by atoms with E-state index in [-0.39, 0.29) is 5.78 Å². The van der Waals surface area contributed by atoms with E-state index >= 15 is 0 Å². The number of aromatic nitrogens is 1. The van der Waals surface area contributed by atoms with Crippen LogP contribution >= 0.6 is 0 Å². The fourth-order valence-corrected chi connectivity index (χ4v) is 3.31. The third-order valence-electron chi connectivity index (χ3n) is 4.69. The molecule has 4 heteroatoms. The van der Waals surface area contributed by atoms with Crippen molar-refractivity contribution >= 4 is 23.1 Å². The summed E-state index contributed by atoms with van der Waals surface area (Å²) >= 11 is 0. The first kappa shape index (κ1) is 17.0. The van der Waals surface area contributed by atoms with Crippen LogP contribution < -0.4 is 9.64 Å². The summed E-state index contributed by atoms with van der Waals surface area (Å²) in [6, 6.07) is 9.90. The Morgan fingerprint density at radius 1 is 1.11 bits per heavy atom. The summed E-state index contributed by atoms with van der Waals surface area (Å²) < 4.78 is 5.59. The van der Waals surface area contributed by atoms with E-state index in [9.17, 15) is 4.79 Å². The predicted molar refractivity (Wildman–Crippen MR) is 109 cm³/mol. The number of anilines is 1. The first-order valence-corrected chi connectivity index (χ1v) is 8.96. The summed E-state index contributed by atoms with van der Waals surface area (Å²) in [6.07, 6.45) is 13.3. The topological polar surface area (TPSA) is 42.4 Å². The molecule has 0 atom stereocenters. The molecule has 0 bridgehead atoms. The molecule has 1 aliphatic heterocycles. The van der Waals surface area contributed by atoms with Gasteiger partial charge in [-0.15, -0.1) is 0 Å². The van der Waals surface area contributed by atoms with Crippen molar-refractivity contribution in [2.75, 3.05) is 18.6 Å². The minimum Gasteiger partial charge on any atom is -0.494 e. The second-order valence-corrected chi connectivity index (χ2v) is 6.36. The van der Waals surface area contributed by atoms with Gasteiger partial charge in [-0.25, -0.2) is 0 Å². The summed E-state index contributed by atoms with van der Waals surface area (Å²) in [7, 11) is 2.04. The Morgan fingerprint density at radius 3 is 2.85 bits per heavy atom. The van der Waals surface area contributed by atoms with Gasteiger partial charge < -0.3 is 9.64 Å². The Kier molecular flexibility index (Phi) is 4.47. The van der Waals surface area contributed by atoms with Gasteiger partial charge in [-0.2, -0.15) is 0 Å². The predicted octanol–water partition coefficient (Wildman–Crippen LogP) is 4.66. The van der Waals surface area contributed by atoms with Crippen LogP contribution in [0.15, 0.2) is 72.6 Å². The van der Waals surface area contributed by atoms with E-state index in [1.807, 2.05) is 44.3 Å². The van der Waals surface area contributed by atoms with Gasteiger partial charge in [0, 0.05) is 35.8 Å². The SMILES string of the molecule is CCOc1ccc2c(c1)C=CC(=CC=C1C=CC(=O)c3ncccc31)N2C. The van der Waals surface area contributed by atoms with Gasteiger partial charge in [0.05, 0.1) is 6.61 Å². The highest BCUT2D eigenvalue weighted by atomic mass is 16.5. The van der Waals surface area contributed by atoms with E-state index in [2.05, 4.69) is 40.2 Å². The molecule has 0 unspecified atom stereocenters. The highest BCUT2D eigenvalue weighted by Crippen LogP contribution is 2.33. The van der Waals surface area contributed by atoms with Crippen LogP contribution in [0.2, 0.25) is 0 Å².